The molecular weight excluding hydrogens is 442 g/mol. The molecule has 1 aliphatic carbocycles. The third kappa shape index (κ3) is 5.04. The number of amides is 1. The van der Waals surface area contributed by atoms with E-state index in [1.165, 1.54) is 0 Å². The summed E-state index contributed by atoms with van der Waals surface area (Å²) in [6, 6.07) is 10.2. The molecular formula is C27H35N5O3. The van der Waals surface area contributed by atoms with Crippen LogP contribution in [0.3, 0.4) is 0 Å². The largest absolute Gasteiger partial charge is 0.393 e. The van der Waals surface area contributed by atoms with E-state index in [2.05, 4.69) is 16.4 Å². The molecule has 35 heavy (non-hydrogen) atoms. The van der Waals surface area contributed by atoms with Gasteiger partial charge in [-0.25, -0.2) is 9.50 Å². The third-order valence-electron chi connectivity index (χ3n) is 7.29. The summed E-state index contributed by atoms with van der Waals surface area (Å²) in [5.74, 6) is 1.00. The lowest BCUT2D eigenvalue weighted by atomic mass is 9.85. The number of likely N-dealkylation sites (tertiary alicyclic amines) is 1. The number of carbonyl (C=O) groups is 1. The van der Waals surface area contributed by atoms with E-state index >= 15 is 0 Å². The van der Waals surface area contributed by atoms with Crippen LogP contribution in [0, 0.1) is 0 Å². The van der Waals surface area contributed by atoms with Crippen LogP contribution in [0.4, 0.5) is 5.95 Å². The Labute approximate surface area is 206 Å². The Morgan fingerprint density at radius 1 is 1.17 bits per heavy atom. The van der Waals surface area contributed by atoms with Gasteiger partial charge in [-0.1, -0.05) is 12.1 Å². The Balaban J connectivity index is 1.49. The third-order valence-corrected chi connectivity index (χ3v) is 7.29. The second-order valence-electron chi connectivity index (χ2n) is 9.94. The molecule has 2 aromatic heterocycles. The van der Waals surface area contributed by atoms with Crippen molar-refractivity contribution >= 4 is 17.4 Å². The lowest BCUT2D eigenvalue weighted by Gasteiger charge is -2.25. The van der Waals surface area contributed by atoms with E-state index in [4.69, 9.17) is 9.84 Å². The average Bonchev–Trinajstić information content (AvgIpc) is 3.53. The van der Waals surface area contributed by atoms with E-state index in [0.717, 1.165) is 79.5 Å². The predicted octanol–water partition coefficient (Wildman–Crippen LogP) is 4.10. The molecule has 1 aromatic carbocycles. The van der Waals surface area contributed by atoms with E-state index < -0.39 is 0 Å². The van der Waals surface area contributed by atoms with Crippen LogP contribution < -0.4 is 5.32 Å². The first-order valence-electron chi connectivity index (χ1n) is 12.8. The molecule has 2 N–H and O–H groups in total. The van der Waals surface area contributed by atoms with Crippen LogP contribution in [0.1, 0.15) is 67.4 Å². The standard InChI is InChI=1S/C27H35N5O3/c1-18(17-35-2)29-27-28-16-25-23(15-24(32(25)30-27)20-9-11-22(33)12-10-20)19-5-7-21(8-6-19)26(34)31-13-3-4-14-31/h5-8,15-16,18,20,22,33H,3-4,9-14,17H2,1-2H3,(H,29,30)/t18-,20?,22?/m0/s1. The number of carbonyl (C=O) groups excluding carboxylic acids is 1. The zero-order chi connectivity index (χ0) is 24.4. The second kappa shape index (κ2) is 10.3. The fraction of sp³-hybridized carbons (Fsp3) is 0.519. The van der Waals surface area contributed by atoms with Gasteiger partial charge >= 0.3 is 0 Å². The number of nitrogens with one attached hydrogen (secondary N) is 1. The van der Waals surface area contributed by atoms with Gasteiger partial charge in [0.15, 0.2) is 0 Å². The molecule has 0 spiro atoms. The summed E-state index contributed by atoms with van der Waals surface area (Å²) in [5, 5.41) is 18.2. The van der Waals surface area contributed by atoms with E-state index in [0.29, 0.717) is 18.5 Å². The van der Waals surface area contributed by atoms with Crippen molar-refractivity contribution < 1.29 is 14.6 Å². The van der Waals surface area contributed by atoms with Gasteiger partial charge in [0.25, 0.3) is 5.91 Å². The number of hydrogen-bond donors (Lipinski definition) is 2. The first-order chi connectivity index (χ1) is 17.0. The van der Waals surface area contributed by atoms with E-state index in [1.54, 1.807) is 7.11 Å². The van der Waals surface area contributed by atoms with Crippen molar-refractivity contribution in [3.8, 4) is 11.1 Å². The Morgan fingerprint density at radius 3 is 2.57 bits per heavy atom. The van der Waals surface area contributed by atoms with Crippen LogP contribution in [0.5, 0.6) is 0 Å². The molecule has 1 aliphatic heterocycles. The monoisotopic (exact) mass is 477 g/mol. The number of methoxy groups -OCH3 is 1. The highest BCUT2D eigenvalue weighted by molar-refractivity contribution is 5.95. The molecule has 8 nitrogen and oxygen atoms in total. The highest BCUT2D eigenvalue weighted by atomic mass is 16.5. The van der Waals surface area contributed by atoms with Crippen LogP contribution >= 0.6 is 0 Å². The van der Waals surface area contributed by atoms with Crippen LogP contribution in [-0.4, -0.2) is 69.5 Å². The minimum absolute atomic E-state index is 0.0847. The van der Waals surface area contributed by atoms with Crippen molar-refractivity contribution in [3.63, 3.8) is 0 Å². The van der Waals surface area contributed by atoms with Gasteiger partial charge in [0, 0.05) is 49.0 Å². The molecule has 3 aromatic rings. The molecule has 2 aliphatic rings. The first kappa shape index (κ1) is 23.8. The summed E-state index contributed by atoms with van der Waals surface area (Å²) >= 11 is 0. The molecule has 0 unspecified atom stereocenters. The number of aliphatic hydroxyl groups excluding tert-OH is 1. The molecule has 0 bridgehead atoms. The SMILES string of the molecule is COC[C@H](C)Nc1ncc2c(-c3ccc(C(=O)N4CCCC4)cc3)cc(C3CCC(O)CC3)n2n1. The van der Waals surface area contributed by atoms with Gasteiger partial charge in [-0.05, 0) is 69.2 Å². The molecule has 3 heterocycles. The van der Waals surface area contributed by atoms with Crippen molar-refractivity contribution in [2.24, 2.45) is 0 Å². The number of nitrogens with zero attached hydrogens (tertiary/aromatic N) is 4. The van der Waals surface area contributed by atoms with Gasteiger partial charge in [-0.15, -0.1) is 5.10 Å². The Morgan fingerprint density at radius 2 is 1.89 bits per heavy atom. The van der Waals surface area contributed by atoms with Gasteiger partial charge in [0.1, 0.15) is 0 Å². The van der Waals surface area contributed by atoms with Gasteiger partial charge in [-0.2, -0.15) is 0 Å². The normalized spacial score (nSPS) is 21.4. The second-order valence-corrected chi connectivity index (χ2v) is 9.94. The van der Waals surface area contributed by atoms with Crippen LogP contribution in [0.15, 0.2) is 36.5 Å². The highest BCUT2D eigenvalue weighted by Crippen LogP contribution is 2.37. The molecule has 1 saturated carbocycles. The van der Waals surface area contributed by atoms with Crippen LogP contribution in [0.25, 0.3) is 16.6 Å². The Kier molecular flexibility index (Phi) is 7.02. The minimum atomic E-state index is -0.209. The summed E-state index contributed by atoms with van der Waals surface area (Å²) in [5.41, 5.74) is 4.91. The van der Waals surface area contributed by atoms with Crippen molar-refractivity contribution in [1.82, 2.24) is 19.5 Å². The van der Waals surface area contributed by atoms with E-state index in [9.17, 15) is 9.90 Å². The summed E-state index contributed by atoms with van der Waals surface area (Å²) in [6.45, 7) is 4.29. The van der Waals surface area contributed by atoms with Crippen molar-refractivity contribution in [2.75, 3.05) is 32.1 Å². The molecule has 1 atom stereocenters. The molecule has 5 rings (SSSR count). The summed E-state index contributed by atoms with van der Waals surface area (Å²) in [4.78, 5) is 19.3. The number of hydrogen-bond acceptors (Lipinski definition) is 6. The van der Waals surface area contributed by atoms with Crippen LogP contribution in [0.2, 0.25) is 0 Å². The van der Waals surface area contributed by atoms with Gasteiger partial charge < -0.3 is 20.1 Å². The van der Waals surface area contributed by atoms with Crippen molar-refractivity contribution in [3.05, 3.63) is 47.8 Å². The summed E-state index contributed by atoms with van der Waals surface area (Å²) < 4.78 is 7.25. The van der Waals surface area contributed by atoms with Crippen molar-refractivity contribution in [2.45, 2.75) is 63.5 Å². The zero-order valence-corrected chi connectivity index (χ0v) is 20.6. The maximum atomic E-state index is 12.8. The minimum Gasteiger partial charge on any atom is -0.393 e. The highest BCUT2D eigenvalue weighted by Gasteiger charge is 2.26. The Hall–Kier alpha value is -2.97. The molecule has 186 valence electrons. The number of aliphatic hydroxyl groups is 1. The predicted molar refractivity (Wildman–Crippen MR) is 136 cm³/mol. The number of benzene rings is 1. The molecule has 8 heteroatoms. The number of anilines is 1. The number of aromatic nitrogens is 3. The molecule has 2 fully saturated rings. The van der Waals surface area contributed by atoms with Crippen molar-refractivity contribution in [1.29, 1.82) is 0 Å². The molecule has 1 saturated heterocycles. The molecule has 0 radical (unpaired) electrons. The maximum absolute atomic E-state index is 12.8. The topological polar surface area (TPSA) is 92.0 Å². The van der Waals surface area contributed by atoms with Gasteiger partial charge in [-0.3, -0.25) is 4.79 Å². The number of rotatable bonds is 7. The average molecular weight is 478 g/mol. The first-order valence-corrected chi connectivity index (χ1v) is 12.8. The smallest absolute Gasteiger partial charge is 0.253 e. The zero-order valence-electron chi connectivity index (χ0n) is 20.6. The quantitative estimate of drug-likeness (QED) is 0.532. The lowest BCUT2D eigenvalue weighted by Crippen LogP contribution is -2.27. The lowest BCUT2D eigenvalue weighted by molar-refractivity contribution is 0.0793. The van der Waals surface area contributed by atoms with Gasteiger partial charge in [0.05, 0.1) is 24.4 Å². The Bertz CT molecular complexity index is 1160. The number of ether oxygens (including phenoxy) is 1. The number of fused-ring (bicyclic) bond motifs is 1. The fourth-order valence-electron chi connectivity index (χ4n) is 5.38. The fourth-order valence-corrected chi connectivity index (χ4v) is 5.38. The summed E-state index contributed by atoms with van der Waals surface area (Å²) in [7, 11) is 1.68. The maximum Gasteiger partial charge on any atom is 0.253 e. The molecule has 1 amide bonds. The van der Waals surface area contributed by atoms with Gasteiger partial charge in [0.2, 0.25) is 5.95 Å². The van der Waals surface area contributed by atoms with E-state index in [-0.39, 0.29) is 18.1 Å². The summed E-state index contributed by atoms with van der Waals surface area (Å²) in [6.07, 6.45) is 7.31. The van der Waals surface area contributed by atoms with E-state index in [1.807, 2.05) is 46.8 Å². The van der Waals surface area contributed by atoms with Crippen LogP contribution in [-0.2, 0) is 4.74 Å².